The molecular formula is C15H19NO3. The second-order valence-corrected chi connectivity index (χ2v) is 5.21. The van der Waals surface area contributed by atoms with Crippen LogP contribution in [0.2, 0.25) is 0 Å². The van der Waals surface area contributed by atoms with E-state index >= 15 is 0 Å². The molecule has 0 spiro atoms. The molecule has 1 aliphatic carbocycles. The van der Waals surface area contributed by atoms with Gasteiger partial charge in [0.2, 0.25) is 0 Å². The van der Waals surface area contributed by atoms with Gasteiger partial charge >= 0.3 is 5.97 Å². The van der Waals surface area contributed by atoms with E-state index in [9.17, 15) is 9.59 Å². The zero-order chi connectivity index (χ0) is 13.8. The molecule has 0 aromatic heterocycles. The molecule has 0 aliphatic heterocycles. The minimum absolute atomic E-state index is 0.0572. The first-order valence-corrected chi connectivity index (χ1v) is 6.68. The van der Waals surface area contributed by atoms with Crippen molar-refractivity contribution < 1.29 is 14.7 Å². The molecule has 1 aromatic rings. The van der Waals surface area contributed by atoms with Gasteiger partial charge in [0.15, 0.2) is 0 Å². The number of benzene rings is 1. The molecule has 2 rings (SSSR count). The quantitative estimate of drug-likeness (QED) is 0.852. The largest absolute Gasteiger partial charge is 0.481 e. The summed E-state index contributed by atoms with van der Waals surface area (Å²) >= 11 is 0. The highest BCUT2D eigenvalue weighted by atomic mass is 16.4. The fourth-order valence-electron chi connectivity index (χ4n) is 2.56. The fraction of sp³-hybridized carbons (Fsp3) is 0.467. The smallest absolute Gasteiger partial charge is 0.303 e. The number of hydrogen-bond donors (Lipinski definition) is 2. The van der Waals surface area contributed by atoms with Crippen LogP contribution in [0.25, 0.3) is 0 Å². The Morgan fingerprint density at radius 3 is 2.89 bits per heavy atom. The first kappa shape index (κ1) is 13.6. The minimum Gasteiger partial charge on any atom is -0.481 e. The molecule has 0 fully saturated rings. The van der Waals surface area contributed by atoms with Gasteiger partial charge in [-0.3, -0.25) is 9.59 Å². The van der Waals surface area contributed by atoms with E-state index in [2.05, 4.69) is 11.4 Å². The van der Waals surface area contributed by atoms with E-state index in [1.165, 1.54) is 5.56 Å². The molecule has 19 heavy (non-hydrogen) atoms. The standard InChI is InChI=1S/C15H19NO3/c1-10(8-14(17)18)9-16-15(19)13-7-3-5-11-4-2-6-12(11)13/h3,5,7,10H,2,4,6,8-9H2,1H3,(H,16,19)(H,17,18). The summed E-state index contributed by atoms with van der Waals surface area (Å²) in [5.41, 5.74) is 3.18. The van der Waals surface area contributed by atoms with Gasteiger partial charge in [0.05, 0.1) is 0 Å². The summed E-state index contributed by atoms with van der Waals surface area (Å²) in [4.78, 5) is 22.7. The lowest BCUT2D eigenvalue weighted by Gasteiger charge is -2.12. The Morgan fingerprint density at radius 1 is 1.37 bits per heavy atom. The Balaban J connectivity index is 1.97. The average Bonchev–Trinajstić information content (AvgIpc) is 2.83. The predicted octanol–water partition coefficient (Wildman–Crippen LogP) is 2.02. The molecule has 1 aliphatic rings. The number of carboxylic acid groups (broad SMARTS) is 1. The summed E-state index contributed by atoms with van der Waals surface area (Å²) in [5.74, 6) is -0.975. The Morgan fingerprint density at radius 2 is 2.16 bits per heavy atom. The van der Waals surface area contributed by atoms with Crippen molar-refractivity contribution in [1.29, 1.82) is 0 Å². The summed E-state index contributed by atoms with van der Waals surface area (Å²) in [6.45, 7) is 2.22. The Bertz CT molecular complexity index is 496. The average molecular weight is 261 g/mol. The lowest BCUT2D eigenvalue weighted by molar-refractivity contribution is -0.137. The van der Waals surface area contributed by atoms with Gasteiger partial charge in [-0.1, -0.05) is 19.1 Å². The van der Waals surface area contributed by atoms with Crippen molar-refractivity contribution in [3.8, 4) is 0 Å². The summed E-state index contributed by atoms with van der Waals surface area (Å²) < 4.78 is 0. The van der Waals surface area contributed by atoms with Crippen LogP contribution in [-0.2, 0) is 17.6 Å². The summed E-state index contributed by atoms with van der Waals surface area (Å²) in [7, 11) is 0. The molecule has 0 saturated heterocycles. The third kappa shape index (κ3) is 3.34. The van der Waals surface area contributed by atoms with Crippen LogP contribution in [0.15, 0.2) is 18.2 Å². The van der Waals surface area contributed by atoms with Gasteiger partial charge in [0.1, 0.15) is 0 Å². The Hall–Kier alpha value is -1.84. The molecular weight excluding hydrogens is 242 g/mol. The summed E-state index contributed by atoms with van der Waals surface area (Å²) in [6.07, 6.45) is 3.19. The van der Waals surface area contributed by atoms with Crippen molar-refractivity contribution in [2.45, 2.75) is 32.6 Å². The Kier molecular flexibility index (Phi) is 4.20. The van der Waals surface area contributed by atoms with Gasteiger partial charge < -0.3 is 10.4 Å². The molecule has 1 unspecified atom stereocenters. The number of nitrogens with one attached hydrogen (secondary N) is 1. The van der Waals surface area contributed by atoms with E-state index in [0.717, 1.165) is 30.4 Å². The molecule has 2 N–H and O–H groups in total. The zero-order valence-electron chi connectivity index (χ0n) is 11.1. The van der Waals surface area contributed by atoms with E-state index in [-0.39, 0.29) is 18.2 Å². The maximum Gasteiger partial charge on any atom is 0.303 e. The number of carboxylic acids is 1. The topological polar surface area (TPSA) is 66.4 Å². The third-order valence-corrected chi connectivity index (χ3v) is 3.52. The molecule has 4 heteroatoms. The van der Waals surface area contributed by atoms with Crippen LogP contribution in [0, 0.1) is 5.92 Å². The summed E-state index contributed by atoms with van der Waals surface area (Å²) in [5, 5.41) is 11.5. The highest BCUT2D eigenvalue weighted by Gasteiger charge is 2.19. The second kappa shape index (κ2) is 5.87. The number of fused-ring (bicyclic) bond motifs is 1. The number of carbonyl (C=O) groups excluding carboxylic acids is 1. The van der Waals surface area contributed by atoms with Crippen molar-refractivity contribution in [2.24, 2.45) is 5.92 Å². The number of amides is 1. The molecule has 0 saturated carbocycles. The maximum absolute atomic E-state index is 12.1. The van der Waals surface area contributed by atoms with Crippen LogP contribution in [0.3, 0.4) is 0 Å². The minimum atomic E-state index is -0.831. The van der Waals surface area contributed by atoms with E-state index < -0.39 is 5.97 Å². The molecule has 4 nitrogen and oxygen atoms in total. The van der Waals surface area contributed by atoms with Gasteiger partial charge in [0, 0.05) is 18.5 Å². The van der Waals surface area contributed by atoms with Crippen LogP contribution in [-0.4, -0.2) is 23.5 Å². The van der Waals surface area contributed by atoms with E-state index in [4.69, 9.17) is 5.11 Å². The van der Waals surface area contributed by atoms with Crippen molar-refractivity contribution in [3.05, 3.63) is 34.9 Å². The van der Waals surface area contributed by atoms with Gasteiger partial charge in [-0.25, -0.2) is 0 Å². The second-order valence-electron chi connectivity index (χ2n) is 5.21. The summed E-state index contributed by atoms with van der Waals surface area (Å²) in [6, 6.07) is 5.84. The lowest BCUT2D eigenvalue weighted by Crippen LogP contribution is -2.29. The van der Waals surface area contributed by atoms with Crippen molar-refractivity contribution in [3.63, 3.8) is 0 Å². The Labute approximate surface area is 112 Å². The van der Waals surface area contributed by atoms with Crippen molar-refractivity contribution >= 4 is 11.9 Å². The molecule has 1 atom stereocenters. The number of hydrogen-bond acceptors (Lipinski definition) is 2. The monoisotopic (exact) mass is 261 g/mol. The van der Waals surface area contributed by atoms with Gasteiger partial charge in [-0.05, 0) is 42.4 Å². The molecule has 1 aromatic carbocycles. The van der Waals surface area contributed by atoms with Crippen molar-refractivity contribution in [1.82, 2.24) is 5.32 Å². The molecule has 1 amide bonds. The van der Waals surface area contributed by atoms with Crippen molar-refractivity contribution in [2.75, 3.05) is 6.54 Å². The first-order chi connectivity index (χ1) is 9.08. The van der Waals surface area contributed by atoms with Crippen LogP contribution in [0.1, 0.15) is 41.3 Å². The van der Waals surface area contributed by atoms with Crippen LogP contribution in [0.4, 0.5) is 0 Å². The van der Waals surface area contributed by atoms with E-state index in [1.54, 1.807) is 0 Å². The van der Waals surface area contributed by atoms with E-state index in [1.807, 2.05) is 19.1 Å². The number of carbonyl (C=O) groups is 2. The van der Waals surface area contributed by atoms with Gasteiger partial charge in [-0.15, -0.1) is 0 Å². The molecule has 0 radical (unpaired) electrons. The van der Waals surface area contributed by atoms with Crippen LogP contribution in [0.5, 0.6) is 0 Å². The zero-order valence-corrected chi connectivity index (χ0v) is 11.1. The SMILES string of the molecule is CC(CNC(=O)c1cccc2c1CCC2)CC(=O)O. The third-order valence-electron chi connectivity index (χ3n) is 3.52. The molecule has 102 valence electrons. The maximum atomic E-state index is 12.1. The molecule has 0 heterocycles. The number of aliphatic carboxylic acids is 1. The van der Waals surface area contributed by atoms with Crippen LogP contribution < -0.4 is 5.32 Å². The molecule has 0 bridgehead atoms. The highest BCUT2D eigenvalue weighted by Crippen LogP contribution is 2.25. The van der Waals surface area contributed by atoms with Crippen LogP contribution >= 0.6 is 0 Å². The fourth-order valence-corrected chi connectivity index (χ4v) is 2.56. The first-order valence-electron chi connectivity index (χ1n) is 6.68. The normalized spacial score (nSPS) is 14.8. The highest BCUT2D eigenvalue weighted by molar-refractivity contribution is 5.96. The lowest BCUT2D eigenvalue weighted by atomic mass is 10.0. The van der Waals surface area contributed by atoms with Gasteiger partial charge in [-0.2, -0.15) is 0 Å². The number of aryl methyl sites for hydroxylation is 1. The van der Waals surface area contributed by atoms with Gasteiger partial charge in [0.25, 0.3) is 5.91 Å². The van der Waals surface area contributed by atoms with E-state index in [0.29, 0.717) is 6.54 Å². The predicted molar refractivity (Wildman–Crippen MR) is 72.2 cm³/mol. The number of rotatable bonds is 5.